The van der Waals surface area contributed by atoms with Crippen LogP contribution in [0.5, 0.6) is 0 Å². The molecule has 0 aromatic heterocycles. The molecule has 1 saturated heterocycles. The fourth-order valence-electron chi connectivity index (χ4n) is 4.12. The van der Waals surface area contributed by atoms with Gasteiger partial charge in [-0.15, -0.1) is 0 Å². The van der Waals surface area contributed by atoms with Gasteiger partial charge in [-0.3, -0.25) is 0 Å². The van der Waals surface area contributed by atoms with Gasteiger partial charge in [-0.2, -0.15) is 0 Å². The summed E-state index contributed by atoms with van der Waals surface area (Å²) in [7, 11) is 0. The highest BCUT2D eigenvalue weighted by molar-refractivity contribution is 4.93. The van der Waals surface area contributed by atoms with E-state index in [1.54, 1.807) is 0 Å². The second-order valence-corrected chi connectivity index (χ2v) is 7.99. The second kappa shape index (κ2) is 5.94. The minimum atomic E-state index is -0.427. The smallest absolute Gasteiger partial charge is 0.0632 e. The minimum absolute atomic E-state index is 0.427. The van der Waals surface area contributed by atoms with E-state index in [4.69, 9.17) is 0 Å². The van der Waals surface area contributed by atoms with Crippen molar-refractivity contribution in [1.29, 1.82) is 0 Å². The van der Waals surface area contributed by atoms with E-state index >= 15 is 0 Å². The van der Waals surface area contributed by atoms with Crippen LogP contribution in [0.2, 0.25) is 0 Å². The molecule has 1 atom stereocenters. The molecule has 3 nitrogen and oxygen atoms in total. The molecule has 2 N–H and O–H groups in total. The topological polar surface area (TPSA) is 35.5 Å². The van der Waals surface area contributed by atoms with Crippen molar-refractivity contribution >= 4 is 0 Å². The fourth-order valence-corrected chi connectivity index (χ4v) is 4.12. The predicted octanol–water partition coefficient (Wildman–Crippen LogP) is 2.54. The van der Waals surface area contributed by atoms with E-state index in [1.165, 1.54) is 58.2 Å². The second-order valence-electron chi connectivity index (χ2n) is 7.99. The largest absolute Gasteiger partial charge is 0.390 e. The lowest BCUT2D eigenvalue weighted by atomic mass is 9.85. The Morgan fingerprint density at radius 1 is 1.05 bits per heavy atom. The third-order valence-electron chi connectivity index (χ3n) is 5.72. The number of aliphatic hydroxyl groups is 1. The van der Waals surface area contributed by atoms with E-state index in [0.717, 1.165) is 31.8 Å². The van der Waals surface area contributed by atoms with Crippen LogP contribution in [0, 0.1) is 5.41 Å². The van der Waals surface area contributed by atoms with Crippen LogP contribution in [0.15, 0.2) is 0 Å². The Hall–Kier alpha value is -0.120. The molecule has 3 rings (SSSR count). The molecule has 0 spiro atoms. The lowest BCUT2D eigenvalue weighted by Gasteiger charge is -2.35. The number of hydrogen-bond acceptors (Lipinski definition) is 3. The quantitative estimate of drug-likeness (QED) is 0.812. The van der Waals surface area contributed by atoms with Crippen molar-refractivity contribution in [3.05, 3.63) is 0 Å². The summed E-state index contributed by atoms with van der Waals surface area (Å²) in [6.07, 6.45) is 11.5. The van der Waals surface area contributed by atoms with Crippen molar-refractivity contribution in [1.82, 2.24) is 10.2 Å². The van der Waals surface area contributed by atoms with Gasteiger partial charge in [0, 0.05) is 25.7 Å². The Bertz CT molecular complexity index is 319. The highest BCUT2D eigenvalue weighted by atomic mass is 16.3. The molecule has 0 aromatic rings. The van der Waals surface area contributed by atoms with Crippen LogP contribution in [-0.2, 0) is 0 Å². The molecule has 0 radical (unpaired) electrons. The Balaban J connectivity index is 1.55. The summed E-state index contributed by atoms with van der Waals surface area (Å²) in [4.78, 5) is 2.64. The lowest BCUT2D eigenvalue weighted by Crippen LogP contribution is -2.43. The molecule has 0 amide bonds. The van der Waals surface area contributed by atoms with Gasteiger partial charge < -0.3 is 15.3 Å². The third kappa shape index (κ3) is 3.96. The van der Waals surface area contributed by atoms with Gasteiger partial charge in [-0.05, 0) is 63.8 Å². The molecule has 2 saturated carbocycles. The summed E-state index contributed by atoms with van der Waals surface area (Å²) in [6.45, 7) is 6.75. The van der Waals surface area contributed by atoms with Crippen LogP contribution >= 0.6 is 0 Å². The summed E-state index contributed by atoms with van der Waals surface area (Å²) in [5.74, 6) is 0. The molecule has 1 unspecified atom stereocenters. The van der Waals surface area contributed by atoms with Gasteiger partial charge >= 0.3 is 0 Å². The predicted molar refractivity (Wildman–Crippen MR) is 82.8 cm³/mol. The Morgan fingerprint density at radius 2 is 1.80 bits per heavy atom. The summed E-state index contributed by atoms with van der Waals surface area (Å²) < 4.78 is 0. The van der Waals surface area contributed by atoms with Gasteiger partial charge in [-0.1, -0.05) is 12.8 Å². The fraction of sp³-hybridized carbons (Fsp3) is 1.00. The molecule has 20 heavy (non-hydrogen) atoms. The molecule has 116 valence electrons. The Kier molecular flexibility index (Phi) is 4.40. The van der Waals surface area contributed by atoms with Crippen LogP contribution < -0.4 is 5.32 Å². The molecule has 0 aromatic carbocycles. The van der Waals surface area contributed by atoms with Crippen LogP contribution in [-0.4, -0.2) is 47.8 Å². The molecule has 0 bridgehead atoms. The van der Waals surface area contributed by atoms with Gasteiger partial charge in [0.2, 0.25) is 0 Å². The first kappa shape index (κ1) is 14.8. The molecule has 3 aliphatic rings. The monoisotopic (exact) mass is 280 g/mol. The van der Waals surface area contributed by atoms with Crippen LogP contribution in [0.1, 0.15) is 64.7 Å². The summed E-state index contributed by atoms with van der Waals surface area (Å²) in [5.41, 5.74) is 0.0998. The zero-order chi connectivity index (χ0) is 14.1. The average Bonchev–Trinajstić information content (AvgIpc) is 3.15. The van der Waals surface area contributed by atoms with Gasteiger partial charge in [0.1, 0.15) is 0 Å². The summed E-state index contributed by atoms with van der Waals surface area (Å²) in [6, 6.07) is 0.831. The third-order valence-corrected chi connectivity index (χ3v) is 5.72. The highest BCUT2D eigenvalue weighted by Gasteiger charge is 2.37. The standard InChI is InChI=1S/C17H32N2O/c1-16(20)7-4-11-19(12-10-16)14-17(8-2-3-9-17)13-18-15-5-6-15/h15,18,20H,2-14H2,1H3. The molecule has 1 heterocycles. The number of rotatable bonds is 5. The first-order valence-corrected chi connectivity index (χ1v) is 8.75. The van der Waals surface area contributed by atoms with Gasteiger partial charge in [0.05, 0.1) is 5.60 Å². The van der Waals surface area contributed by atoms with Crippen molar-refractivity contribution < 1.29 is 5.11 Å². The van der Waals surface area contributed by atoms with Crippen molar-refractivity contribution in [3.63, 3.8) is 0 Å². The maximum Gasteiger partial charge on any atom is 0.0632 e. The summed E-state index contributed by atoms with van der Waals surface area (Å²) in [5, 5.41) is 14.0. The summed E-state index contributed by atoms with van der Waals surface area (Å²) >= 11 is 0. The molecular formula is C17H32N2O. The van der Waals surface area contributed by atoms with Gasteiger partial charge in [0.25, 0.3) is 0 Å². The first-order valence-electron chi connectivity index (χ1n) is 8.75. The Morgan fingerprint density at radius 3 is 2.50 bits per heavy atom. The molecule has 1 aliphatic heterocycles. The van der Waals surface area contributed by atoms with Crippen molar-refractivity contribution in [2.24, 2.45) is 5.41 Å². The highest BCUT2D eigenvalue weighted by Crippen LogP contribution is 2.39. The van der Waals surface area contributed by atoms with Crippen LogP contribution in [0.3, 0.4) is 0 Å². The number of likely N-dealkylation sites (tertiary alicyclic amines) is 1. The normalized spacial score (nSPS) is 35.1. The van der Waals surface area contributed by atoms with Crippen molar-refractivity contribution in [3.8, 4) is 0 Å². The van der Waals surface area contributed by atoms with E-state index < -0.39 is 5.60 Å². The first-order chi connectivity index (χ1) is 9.57. The maximum atomic E-state index is 10.2. The Labute approximate surface area is 124 Å². The zero-order valence-corrected chi connectivity index (χ0v) is 13.2. The molecular weight excluding hydrogens is 248 g/mol. The van der Waals surface area contributed by atoms with Crippen LogP contribution in [0.25, 0.3) is 0 Å². The van der Waals surface area contributed by atoms with E-state index in [2.05, 4.69) is 10.2 Å². The van der Waals surface area contributed by atoms with Crippen molar-refractivity contribution in [2.45, 2.75) is 76.4 Å². The molecule has 2 aliphatic carbocycles. The molecule has 3 heteroatoms. The average molecular weight is 280 g/mol. The van der Waals surface area contributed by atoms with Gasteiger partial charge in [0.15, 0.2) is 0 Å². The van der Waals surface area contributed by atoms with Crippen LogP contribution in [0.4, 0.5) is 0 Å². The van der Waals surface area contributed by atoms with Crippen molar-refractivity contribution in [2.75, 3.05) is 26.2 Å². The van der Waals surface area contributed by atoms with E-state index in [1.807, 2.05) is 6.92 Å². The van der Waals surface area contributed by atoms with E-state index in [9.17, 15) is 5.11 Å². The lowest BCUT2D eigenvalue weighted by molar-refractivity contribution is 0.0427. The number of nitrogens with zero attached hydrogens (tertiary/aromatic N) is 1. The number of nitrogens with one attached hydrogen (secondary N) is 1. The zero-order valence-electron chi connectivity index (χ0n) is 13.2. The van der Waals surface area contributed by atoms with E-state index in [0.29, 0.717) is 5.41 Å². The molecule has 3 fully saturated rings. The SMILES string of the molecule is CC1(O)CCCN(CC2(CNC3CC3)CCCC2)CC1. The number of hydrogen-bond donors (Lipinski definition) is 2. The maximum absolute atomic E-state index is 10.2. The van der Waals surface area contributed by atoms with E-state index in [-0.39, 0.29) is 0 Å². The minimum Gasteiger partial charge on any atom is -0.390 e. The van der Waals surface area contributed by atoms with Gasteiger partial charge in [-0.25, -0.2) is 0 Å².